The van der Waals surface area contributed by atoms with Crippen LogP contribution in [0.4, 0.5) is 24.0 Å². The summed E-state index contributed by atoms with van der Waals surface area (Å²) in [5.74, 6) is -0.192. The van der Waals surface area contributed by atoms with Crippen LogP contribution in [-0.2, 0) is 23.9 Å². The Morgan fingerprint density at radius 3 is 2.67 bits per heavy atom. The van der Waals surface area contributed by atoms with Gasteiger partial charge in [-0.3, -0.25) is 9.78 Å². The minimum absolute atomic E-state index is 0.0891. The Labute approximate surface area is 157 Å². The molecule has 0 atom stereocenters. The number of carbonyl (C=O) groups is 1. The normalized spacial score (nSPS) is 11.2. The number of nitrogens with one attached hydrogen (secondary N) is 2. The average molecular weight is 392 g/mol. The number of hydrogen-bond donors (Lipinski definition) is 2. The summed E-state index contributed by atoms with van der Waals surface area (Å²) in [5.41, 5.74) is 1.03. The molecule has 0 unspecified atom stereocenters. The molecule has 3 aromatic rings. The summed E-state index contributed by atoms with van der Waals surface area (Å²) in [6, 6.07) is 8.48. The van der Waals surface area contributed by atoms with E-state index >= 15 is 0 Å². The lowest BCUT2D eigenvalue weighted by Gasteiger charge is -2.09. The first-order valence-electron chi connectivity index (χ1n) is 7.94. The van der Waals surface area contributed by atoms with Crippen LogP contribution in [0.1, 0.15) is 16.8 Å². The Kier molecular flexibility index (Phi) is 5.70. The molecular weight excluding hydrogens is 377 g/mol. The number of anilines is 2. The fraction of sp³-hybridized carbons (Fsp3) is 0.167. The molecule has 0 aliphatic heterocycles. The molecule has 0 saturated carbocycles. The maximum atomic E-state index is 12.8. The van der Waals surface area contributed by atoms with Gasteiger partial charge in [0, 0.05) is 30.0 Å². The highest BCUT2D eigenvalue weighted by Gasteiger charge is 2.30. The molecule has 140 valence electrons. The van der Waals surface area contributed by atoms with E-state index in [1.807, 2.05) is 0 Å². The SMILES string of the molecule is O=C(Cc1csc(Nc2cccc(C(F)(F)F)c2)n1)NCc1ccncc1. The highest BCUT2D eigenvalue weighted by molar-refractivity contribution is 7.13. The molecular formula is C18H15F3N4OS. The van der Waals surface area contributed by atoms with Gasteiger partial charge in [0.05, 0.1) is 17.7 Å². The second kappa shape index (κ2) is 8.17. The third kappa shape index (κ3) is 5.52. The Morgan fingerprint density at radius 1 is 1.15 bits per heavy atom. The quantitative estimate of drug-likeness (QED) is 0.661. The van der Waals surface area contributed by atoms with Crippen LogP contribution in [0.25, 0.3) is 0 Å². The summed E-state index contributed by atoms with van der Waals surface area (Å²) in [5, 5.41) is 7.74. The van der Waals surface area contributed by atoms with E-state index in [0.29, 0.717) is 17.4 Å². The van der Waals surface area contributed by atoms with Gasteiger partial charge in [0.1, 0.15) is 0 Å². The molecule has 27 heavy (non-hydrogen) atoms. The van der Waals surface area contributed by atoms with Crippen molar-refractivity contribution in [3.8, 4) is 0 Å². The molecule has 2 aromatic heterocycles. The van der Waals surface area contributed by atoms with E-state index in [1.54, 1.807) is 29.9 Å². The number of amides is 1. The van der Waals surface area contributed by atoms with Crippen molar-refractivity contribution >= 4 is 28.1 Å². The van der Waals surface area contributed by atoms with Crippen molar-refractivity contribution in [2.75, 3.05) is 5.32 Å². The van der Waals surface area contributed by atoms with Crippen molar-refractivity contribution in [2.24, 2.45) is 0 Å². The number of alkyl halides is 3. The summed E-state index contributed by atoms with van der Waals surface area (Å²) < 4.78 is 38.3. The minimum Gasteiger partial charge on any atom is -0.352 e. The molecule has 1 amide bonds. The molecule has 2 N–H and O–H groups in total. The van der Waals surface area contributed by atoms with Gasteiger partial charge in [0.2, 0.25) is 5.91 Å². The number of thiazole rings is 1. The number of halogens is 3. The second-order valence-corrected chi connectivity index (χ2v) is 6.51. The van der Waals surface area contributed by atoms with Crippen molar-refractivity contribution in [3.05, 3.63) is 71.0 Å². The molecule has 0 spiro atoms. The van der Waals surface area contributed by atoms with Gasteiger partial charge in [-0.1, -0.05) is 6.07 Å². The maximum absolute atomic E-state index is 12.8. The van der Waals surface area contributed by atoms with Crippen molar-refractivity contribution < 1.29 is 18.0 Å². The fourth-order valence-electron chi connectivity index (χ4n) is 2.27. The van der Waals surface area contributed by atoms with Crippen LogP contribution < -0.4 is 10.6 Å². The molecule has 0 aliphatic carbocycles. The highest BCUT2D eigenvalue weighted by Crippen LogP contribution is 2.31. The Bertz CT molecular complexity index is 912. The first-order chi connectivity index (χ1) is 12.9. The van der Waals surface area contributed by atoms with Gasteiger partial charge in [0.15, 0.2) is 5.13 Å². The number of carbonyl (C=O) groups excluding carboxylic acids is 1. The van der Waals surface area contributed by atoms with Crippen LogP contribution in [-0.4, -0.2) is 15.9 Å². The summed E-state index contributed by atoms with van der Waals surface area (Å²) in [6.45, 7) is 0.390. The van der Waals surface area contributed by atoms with Gasteiger partial charge in [0.25, 0.3) is 0 Å². The molecule has 5 nitrogen and oxygen atoms in total. The smallest absolute Gasteiger partial charge is 0.352 e. The first-order valence-corrected chi connectivity index (χ1v) is 8.82. The van der Waals surface area contributed by atoms with Gasteiger partial charge in [-0.25, -0.2) is 4.98 Å². The average Bonchev–Trinajstić information content (AvgIpc) is 3.07. The summed E-state index contributed by atoms with van der Waals surface area (Å²) in [6.07, 6.45) is -1.02. The van der Waals surface area contributed by atoms with Crippen LogP contribution in [0, 0.1) is 0 Å². The fourth-order valence-corrected chi connectivity index (χ4v) is 3.00. The van der Waals surface area contributed by atoms with Crippen LogP contribution in [0.15, 0.2) is 54.2 Å². The standard InChI is InChI=1S/C18H15F3N4OS/c19-18(20,21)13-2-1-3-14(8-13)24-17-25-15(11-27-17)9-16(26)23-10-12-4-6-22-7-5-12/h1-8,11H,9-10H2,(H,23,26)(H,24,25). The minimum atomic E-state index is -4.40. The highest BCUT2D eigenvalue weighted by atomic mass is 32.1. The van der Waals surface area contributed by atoms with E-state index in [2.05, 4.69) is 20.6 Å². The molecule has 0 bridgehead atoms. The van der Waals surface area contributed by atoms with Crippen molar-refractivity contribution in [3.63, 3.8) is 0 Å². The largest absolute Gasteiger partial charge is 0.416 e. The molecule has 9 heteroatoms. The number of pyridine rings is 1. The lowest BCUT2D eigenvalue weighted by atomic mass is 10.2. The van der Waals surface area contributed by atoms with E-state index in [0.717, 1.165) is 17.7 Å². The van der Waals surface area contributed by atoms with Crippen LogP contribution in [0.3, 0.4) is 0 Å². The van der Waals surface area contributed by atoms with E-state index in [9.17, 15) is 18.0 Å². The van der Waals surface area contributed by atoms with E-state index in [4.69, 9.17) is 0 Å². The van der Waals surface area contributed by atoms with Crippen LogP contribution >= 0.6 is 11.3 Å². The van der Waals surface area contributed by atoms with Gasteiger partial charge in [-0.2, -0.15) is 13.2 Å². The Balaban J connectivity index is 1.56. The van der Waals surface area contributed by atoms with Crippen LogP contribution in [0.2, 0.25) is 0 Å². The van der Waals surface area contributed by atoms with Gasteiger partial charge in [-0.05, 0) is 35.9 Å². The Morgan fingerprint density at radius 2 is 1.93 bits per heavy atom. The summed E-state index contributed by atoms with van der Waals surface area (Å²) in [7, 11) is 0. The van der Waals surface area contributed by atoms with Gasteiger partial charge in [-0.15, -0.1) is 11.3 Å². The molecule has 3 rings (SSSR count). The van der Waals surface area contributed by atoms with Crippen molar-refractivity contribution in [1.29, 1.82) is 0 Å². The lowest BCUT2D eigenvalue weighted by molar-refractivity contribution is -0.137. The first kappa shape index (κ1) is 18.8. The molecule has 0 saturated heterocycles. The summed E-state index contributed by atoms with van der Waals surface area (Å²) in [4.78, 5) is 20.2. The van der Waals surface area contributed by atoms with Gasteiger partial charge < -0.3 is 10.6 Å². The number of rotatable bonds is 6. The number of benzene rings is 1. The zero-order valence-corrected chi connectivity index (χ0v) is 14.8. The van der Waals surface area contributed by atoms with E-state index in [-0.39, 0.29) is 18.0 Å². The third-order valence-electron chi connectivity index (χ3n) is 3.57. The predicted octanol–water partition coefficient (Wildman–Crippen LogP) is 4.16. The molecule has 2 heterocycles. The Hall–Kier alpha value is -2.94. The lowest BCUT2D eigenvalue weighted by Crippen LogP contribution is -2.24. The monoisotopic (exact) mass is 392 g/mol. The maximum Gasteiger partial charge on any atom is 0.416 e. The predicted molar refractivity (Wildman–Crippen MR) is 96.6 cm³/mol. The molecule has 0 radical (unpaired) electrons. The molecule has 1 aromatic carbocycles. The molecule has 0 aliphatic rings. The van der Waals surface area contributed by atoms with Crippen LogP contribution in [0.5, 0.6) is 0 Å². The number of nitrogens with zero attached hydrogens (tertiary/aromatic N) is 2. The number of aromatic nitrogens is 2. The van der Waals surface area contributed by atoms with Crippen molar-refractivity contribution in [2.45, 2.75) is 19.1 Å². The summed E-state index contributed by atoms with van der Waals surface area (Å²) >= 11 is 1.22. The topological polar surface area (TPSA) is 66.9 Å². The van der Waals surface area contributed by atoms with E-state index < -0.39 is 11.7 Å². The third-order valence-corrected chi connectivity index (χ3v) is 4.38. The second-order valence-electron chi connectivity index (χ2n) is 5.66. The van der Waals surface area contributed by atoms with Crippen molar-refractivity contribution in [1.82, 2.24) is 15.3 Å². The van der Waals surface area contributed by atoms with E-state index in [1.165, 1.54) is 23.5 Å². The zero-order valence-electron chi connectivity index (χ0n) is 14.0. The number of hydrogen-bond acceptors (Lipinski definition) is 5. The zero-order chi connectivity index (χ0) is 19.3. The molecule has 0 fully saturated rings. The van der Waals surface area contributed by atoms with Gasteiger partial charge >= 0.3 is 6.18 Å².